The summed E-state index contributed by atoms with van der Waals surface area (Å²) in [6.07, 6.45) is 6.63. The first-order valence-corrected chi connectivity index (χ1v) is 13.2. The van der Waals surface area contributed by atoms with Crippen molar-refractivity contribution in [1.82, 2.24) is 9.88 Å². The Hall–Kier alpha value is -3.01. The lowest BCUT2D eigenvalue weighted by atomic mass is 9.83. The zero-order chi connectivity index (χ0) is 25.4. The second kappa shape index (κ2) is 10.2. The molecule has 2 fully saturated rings. The molecule has 4 heterocycles. The Labute approximate surface area is 217 Å². The van der Waals surface area contributed by atoms with Crippen LogP contribution in [0.2, 0.25) is 5.02 Å². The smallest absolute Gasteiger partial charge is 0.290 e. The van der Waals surface area contributed by atoms with Gasteiger partial charge in [-0.15, -0.1) is 11.3 Å². The molecule has 1 saturated carbocycles. The quantitative estimate of drug-likeness (QED) is 0.386. The first kappa shape index (κ1) is 24.7. The van der Waals surface area contributed by atoms with Crippen LogP contribution in [-0.2, 0) is 27.3 Å². The first-order valence-electron chi connectivity index (χ1n) is 12.0. The van der Waals surface area contributed by atoms with Gasteiger partial charge in [-0.25, -0.2) is 0 Å². The van der Waals surface area contributed by atoms with E-state index >= 15 is 0 Å². The number of rotatable bonds is 4. The monoisotopic (exact) mass is 526 g/mol. The highest BCUT2D eigenvalue weighted by Gasteiger charge is 2.35. The van der Waals surface area contributed by atoms with Crippen molar-refractivity contribution in [2.45, 2.75) is 57.2 Å². The van der Waals surface area contributed by atoms with Crippen molar-refractivity contribution in [1.29, 1.82) is 0 Å². The Morgan fingerprint density at radius 3 is 2.56 bits per heavy atom. The number of benzene rings is 1. The van der Waals surface area contributed by atoms with Gasteiger partial charge < -0.3 is 15.7 Å². The number of pyridine rings is 1. The van der Waals surface area contributed by atoms with Gasteiger partial charge in [0, 0.05) is 64.4 Å². The molecular weight excluding hydrogens is 500 g/mol. The number of anilines is 1. The maximum atomic E-state index is 12.1. The molecule has 6 rings (SSSR count). The highest BCUT2D eigenvalue weighted by molar-refractivity contribution is 7.19. The Morgan fingerprint density at radius 2 is 1.86 bits per heavy atom. The van der Waals surface area contributed by atoms with Crippen LogP contribution in [0, 0.1) is 0 Å². The minimum Gasteiger partial charge on any atom is -0.483 e. The third-order valence-corrected chi connectivity index (χ3v) is 8.46. The van der Waals surface area contributed by atoms with Gasteiger partial charge in [-0.1, -0.05) is 11.6 Å². The molecule has 0 bridgehead atoms. The summed E-state index contributed by atoms with van der Waals surface area (Å²) in [4.78, 5) is 42.0. The van der Waals surface area contributed by atoms with Crippen LogP contribution in [0.3, 0.4) is 0 Å². The Bertz CT molecular complexity index is 1320. The summed E-state index contributed by atoms with van der Waals surface area (Å²) >= 11 is 8.21. The predicted molar refractivity (Wildman–Crippen MR) is 140 cm³/mol. The summed E-state index contributed by atoms with van der Waals surface area (Å²) in [6.45, 7) is 1.10. The molecule has 2 aliphatic heterocycles. The number of aryl methyl sites for hydroxylation is 1. The van der Waals surface area contributed by atoms with Gasteiger partial charge in [0.05, 0.1) is 16.8 Å². The van der Waals surface area contributed by atoms with E-state index in [0.717, 1.165) is 63.5 Å². The maximum Gasteiger partial charge on any atom is 0.290 e. The topological polar surface area (TPSA) is 117 Å². The van der Waals surface area contributed by atoms with Gasteiger partial charge in [0.25, 0.3) is 6.47 Å². The second-order valence-corrected chi connectivity index (χ2v) is 11.0. The van der Waals surface area contributed by atoms with E-state index in [2.05, 4.69) is 28.1 Å². The minimum atomic E-state index is -0.250. The van der Waals surface area contributed by atoms with Gasteiger partial charge >= 0.3 is 0 Å². The van der Waals surface area contributed by atoms with Crippen LogP contribution in [0.1, 0.15) is 42.5 Å². The van der Waals surface area contributed by atoms with Crippen LogP contribution in [0.5, 0.6) is 0 Å². The van der Waals surface area contributed by atoms with Crippen molar-refractivity contribution in [2.24, 2.45) is 5.73 Å². The van der Waals surface area contributed by atoms with Crippen molar-refractivity contribution in [3.63, 3.8) is 0 Å². The van der Waals surface area contributed by atoms with Gasteiger partial charge in [-0.3, -0.25) is 24.3 Å². The standard InChI is InChI=1S/C25H25ClN4O2S.CH2O2/c26-15-8-14-2-1-7-29(17-10-16(27)11-17)24(14)20(9-15)19-5-6-28-21-12-18(33-25(19)21)13-30-22(31)3-4-23(30)32;2-1-3/h5-6,8-9,12,16-17H,1-4,7,10-11,13,27H2;1H,(H,2,3). The van der Waals surface area contributed by atoms with Gasteiger partial charge in [-0.2, -0.15) is 0 Å². The number of imide groups is 1. The molecule has 1 aromatic carbocycles. The number of carbonyl (C=O) groups is 3. The van der Waals surface area contributed by atoms with E-state index in [9.17, 15) is 9.59 Å². The number of halogens is 1. The SMILES string of the molecule is NC1CC(N2CCCc3cc(Cl)cc(-c4ccnc5cc(CN6C(=O)CCC6=O)sc45)c32)C1.O=CO. The lowest BCUT2D eigenvalue weighted by Crippen LogP contribution is -2.52. The third kappa shape index (κ3) is 4.58. The number of thiophene rings is 1. The van der Waals surface area contributed by atoms with E-state index in [4.69, 9.17) is 27.2 Å². The van der Waals surface area contributed by atoms with E-state index in [-0.39, 0.29) is 18.3 Å². The molecule has 1 saturated heterocycles. The molecule has 0 spiro atoms. The molecule has 188 valence electrons. The van der Waals surface area contributed by atoms with E-state index in [1.54, 1.807) is 11.3 Å². The third-order valence-electron chi connectivity index (χ3n) is 7.10. The Balaban J connectivity index is 0.000000848. The van der Waals surface area contributed by atoms with Crippen molar-refractivity contribution >= 4 is 57.1 Å². The number of fused-ring (bicyclic) bond motifs is 2. The molecule has 3 aromatic rings. The van der Waals surface area contributed by atoms with Crippen molar-refractivity contribution in [3.05, 3.63) is 45.9 Å². The Kier molecular flexibility index (Phi) is 6.96. The fourth-order valence-electron chi connectivity index (χ4n) is 5.42. The molecule has 0 unspecified atom stereocenters. The molecule has 8 nitrogen and oxygen atoms in total. The molecule has 2 aromatic heterocycles. The lowest BCUT2D eigenvalue weighted by Gasteiger charge is -2.46. The Morgan fingerprint density at radius 1 is 1.14 bits per heavy atom. The number of aromatic nitrogens is 1. The molecule has 0 radical (unpaired) electrons. The second-order valence-electron chi connectivity index (χ2n) is 9.41. The molecule has 0 atom stereocenters. The molecule has 1 aliphatic carbocycles. The van der Waals surface area contributed by atoms with Crippen LogP contribution in [-0.4, -0.2) is 51.9 Å². The van der Waals surface area contributed by atoms with E-state index < -0.39 is 0 Å². The van der Waals surface area contributed by atoms with E-state index in [1.807, 2.05) is 12.3 Å². The average molecular weight is 527 g/mol. The molecular formula is C26H27ClN4O4S. The number of carbonyl (C=O) groups excluding carboxylic acids is 2. The zero-order valence-electron chi connectivity index (χ0n) is 19.7. The molecule has 10 heteroatoms. The van der Waals surface area contributed by atoms with Gasteiger partial charge in [0.2, 0.25) is 11.8 Å². The van der Waals surface area contributed by atoms with Gasteiger partial charge in [0.1, 0.15) is 0 Å². The number of likely N-dealkylation sites (tertiary alicyclic amines) is 1. The fraction of sp³-hybridized carbons (Fsp3) is 0.385. The summed E-state index contributed by atoms with van der Waals surface area (Å²) in [5.74, 6) is -0.187. The number of carboxylic acid groups (broad SMARTS) is 1. The predicted octanol–water partition coefficient (Wildman–Crippen LogP) is 4.21. The minimum absolute atomic E-state index is 0.0936. The van der Waals surface area contributed by atoms with Gasteiger partial charge in [-0.05, 0) is 55.5 Å². The van der Waals surface area contributed by atoms with Gasteiger partial charge in [0.15, 0.2) is 0 Å². The molecule has 36 heavy (non-hydrogen) atoms. The largest absolute Gasteiger partial charge is 0.483 e. The average Bonchev–Trinajstić information content (AvgIpc) is 3.39. The first-order chi connectivity index (χ1) is 17.4. The number of hydrogen-bond acceptors (Lipinski definition) is 7. The van der Waals surface area contributed by atoms with Crippen LogP contribution in [0.4, 0.5) is 5.69 Å². The van der Waals surface area contributed by atoms with Crippen molar-refractivity contribution in [3.8, 4) is 11.1 Å². The number of hydrogen-bond donors (Lipinski definition) is 2. The summed E-state index contributed by atoms with van der Waals surface area (Å²) in [7, 11) is 0. The van der Waals surface area contributed by atoms with Crippen molar-refractivity contribution in [2.75, 3.05) is 11.4 Å². The summed E-state index contributed by atoms with van der Waals surface area (Å²) in [5, 5.41) is 7.63. The van der Waals surface area contributed by atoms with E-state index in [1.165, 1.54) is 16.2 Å². The van der Waals surface area contributed by atoms with Crippen molar-refractivity contribution < 1.29 is 19.5 Å². The fourth-order valence-corrected chi connectivity index (χ4v) is 6.80. The highest BCUT2D eigenvalue weighted by Crippen LogP contribution is 2.46. The lowest BCUT2D eigenvalue weighted by molar-refractivity contribution is -0.139. The molecule has 3 N–H and O–H groups in total. The van der Waals surface area contributed by atoms with Crippen LogP contribution >= 0.6 is 22.9 Å². The molecule has 3 aliphatic rings. The van der Waals surface area contributed by atoms with Crippen LogP contribution in [0.25, 0.3) is 21.3 Å². The summed E-state index contributed by atoms with van der Waals surface area (Å²) in [6, 6.07) is 9.00. The summed E-state index contributed by atoms with van der Waals surface area (Å²) < 4.78 is 1.06. The number of nitrogens with zero attached hydrogens (tertiary/aromatic N) is 3. The van der Waals surface area contributed by atoms with E-state index in [0.29, 0.717) is 31.5 Å². The zero-order valence-corrected chi connectivity index (χ0v) is 21.2. The normalized spacial score (nSPS) is 21.2. The molecule has 2 amide bonds. The van der Waals surface area contributed by atoms with Crippen LogP contribution < -0.4 is 10.6 Å². The number of nitrogens with two attached hydrogens (primary N) is 1. The summed E-state index contributed by atoms with van der Waals surface area (Å²) in [5.41, 5.74) is 11.8. The number of amides is 2. The highest BCUT2D eigenvalue weighted by atomic mass is 35.5. The maximum absolute atomic E-state index is 12.1. The van der Waals surface area contributed by atoms with Crippen LogP contribution in [0.15, 0.2) is 30.5 Å².